The molecule has 1 aromatic carbocycles. The van der Waals surface area contributed by atoms with Crippen molar-refractivity contribution in [2.24, 2.45) is 16.5 Å². The van der Waals surface area contributed by atoms with Crippen LogP contribution in [0.5, 0.6) is 5.75 Å². The SMILES string of the molecule is COc1ccc(S(N)(=O)=O)cc1C(=O)N1CCC(C(=O)O)(C(C)C)C1. The summed E-state index contributed by atoms with van der Waals surface area (Å²) in [4.78, 5) is 25.8. The van der Waals surface area contributed by atoms with Crippen molar-refractivity contribution >= 4 is 21.9 Å². The van der Waals surface area contributed by atoms with E-state index in [9.17, 15) is 23.1 Å². The fraction of sp³-hybridized carbons (Fsp3) is 0.500. The molecule has 1 aromatic rings. The number of nitrogens with zero attached hydrogens (tertiary/aromatic N) is 1. The van der Waals surface area contributed by atoms with Crippen LogP contribution in [0.1, 0.15) is 30.6 Å². The van der Waals surface area contributed by atoms with Gasteiger partial charge in [-0.15, -0.1) is 0 Å². The van der Waals surface area contributed by atoms with E-state index in [4.69, 9.17) is 9.88 Å². The topological polar surface area (TPSA) is 127 Å². The molecule has 9 heteroatoms. The van der Waals surface area contributed by atoms with Gasteiger partial charge in [-0.2, -0.15) is 0 Å². The van der Waals surface area contributed by atoms with Gasteiger partial charge in [0.05, 0.1) is 23.0 Å². The monoisotopic (exact) mass is 370 g/mol. The average Bonchev–Trinajstić information content (AvgIpc) is 2.99. The number of carboxylic acids is 1. The maximum absolute atomic E-state index is 12.9. The summed E-state index contributed by atoms with van der Waals surface area (Å²) < 4.78 is 28.2. The number of rotatable bonds is 5. The van der Waals surface area contributed by atoms with E-state index in [-0.39, 0.29) is 35.2 Å². The second-order valence-corrected chi connectivity index (χ2v) is 8.06. The van der Waals surface area contributed by atoms with Crippen molar-refractivity contribution in [3.05, 3.63) is 23.8 Å². The summed E-state index contributed by atoms with van der Waals surface area (Å²) in [6.07, 6.45) is 0.336. The number of hydrogen-bond acceptors (Lipinski definition) is 5. The Bertz CT molecular complexity index is 805. The summed E-state index contributed by atoms with van der Waals surface area (Å²) in [6.45, 7) is 3.95. The standard InChI is InChI=1S/C16H22N2O6S/c1-10(2)16(15(20)21)6-7-18(9-16)14(19)12-8-11(25(17,22)23)4-5-13(12)24-3/h4-5,8,10H,6-7,9H2,1-3H3,(H,20,21)(H2,17,22,23). The van der Waals surface area contributed by atoms with Gasteiger partial charge in [0.2, 0.25) is 10.0 Å². The quantitative estimate of drug-likeness (QED) is 0.793. The van der Waals surface area contributed by atoms with Gasteiger partial charge in [0.1, 0.15) is 5.75 Å². The number of primary sulfonamides is 1. The Balaban J connectivity index is 2.40. The molecule has 0 bridgehead atoms. The van der Waals surface area contributed by atoms with E-state index in [2.05, 4.69) is 0 Å². The molecule has 2 rings (SSSR count). The van der Waals surface area contributed by atoms with E-state index in [1.807, 2.05) is 13.8 Å². The minimum absolute atomic E-state index is 0.0407. The summed E-state index contributed by atoms with van der Waals surface area (Å²) in [5, 5.41) is 14.7. The van der Waals surface area contributed by atoms with Gasteiger partial charge in [-0.05, 0) is 30.5 Å². The molecule has 8 nitrogen and oxygen atoms in total. The number of sulfonamides is 1. The van der Waals surface area contributed by atoms with Gasteiger partial charge < -0.3 is 14.7 Å². The highest BCUT2D eigenvalue weighted by molar-refractivity contribution is 7.89. The Hall–Kier alpha value is -2.13. The van der Waals surface area contributed by atoms with Crippen molar-refractivity contribution in [1.29, 1.82) is 0 Å². The second kappa shape index (κ2) is 6.64. The first kappa shape index (κ1) is 19.2. The molecule has 0 aliphatic carbocycles. The fourth-order valence-electron chi connectivity index (χ4n) is 3.10. The molecule has 1 aliphatic heterocycles. The molecule has 1 fully saturated rings. The summed E-state index contributed by atoms with van der Waals surface area (Å²) in [7, 11) is -2.61. The number of likely N-dealkylation sites (tertiary alicyclic amines) is 1. The zero-order valence-electron chi connectivity index (χ0n) is 14.4. The molecule has 138 valence electrons. The van der Waals surface area contributed by atoms with E-state index >= 15 is 0 Å². The van der Waals surface area contributed by atoms with Crippen LogP contribution >= 0.6 is 0 Å². The normalized spacial score (nSPS) is 20.8. The van der Waals surface area contributed by atoms with Gasteiger partial charge in [0.15, 0.2) is 0 Å². The summed E-state index contributed by atoms with van der Waals surface area (Å²) in [5.41, 5.74) is -0.973. The number of carbonyl (C=O) groups excluding carboxylic acids is 1. The molecule has 1 atom stereocenters. The lowest BCUT2D eigenvalue weighted by Gasteiger charge is -2.28. The third-order valence-corrected chi connectivity index (χ3v) is 5.76. The molecule has 0 saturated carbocycles. The van der Waals surface area contributed by atoms with Gasteiger partial charge in [-0.1, -0.05) is 13.8 Å². The third kappa shape index (κ3) is 3.47. The lowest BCUT2D eigenvalue weighted by Crippen LogP contribution is -2.40. The molecular formula is C16H22N2O6S. The predicted molar refractivity (Wildman–Crippen MR) is 89.8 cm³/mol. The minimum Gasteiger partial charge on any atom is -0.496 e. The van der Waals surface area contributed by atoms with Crippen LogP contribution in [-0.2, 0) is 14.8 Å². The zero-order chi connectivity index (χ0) is 19.0. The number of carbonyl (C=O) groups is 2. The molecule has 25 heavy (non-hydrogen) atoms. The number of amides is 1. The molecule has 1 aliphatic rings. The number of hydrogen-bond donors (Lipinski definition) is 2. The molecule has 0 spiro atoms. The Morgan fingerprint density at radius 3 is 2.44 bits per heavy atom. The van der Waals surface area contributed by atoms with Gasteiger partial charge in [-0.25, -0.2) is 13.6 Å². The van der Waals surface area contributed by atoms with E-state index in [1.54, 1.807) is 0 Å². The van der Waals surface area contributed by atoms with E-state index in [0.717, 1.165) is 6.07 Å². The molecule has 1 unspecified atom stereocenters. The molecule has 1 heterocycles. The highest BCUT2D eigenvalue weighted by Gasteiger charge is 2.48. The Labute approximate surface area is 146 Å². The molecular weight excluding hydrogens is 348 g/mol. The van der Waals surface area contributed by atoms with Crippen LogP contribution in [-0.4, -0.2) is 50.5 Å². The summed E-state index contributed by atoms with van der Waals surface area (Å²) >= 11 is 0. The van der Waals surface area contributed by atoms with Crippen molar-refractivity contribution in [3.63, 3.8) is 0 Å². The Morgan fingerprint density at radius 1 is 1.36 bits per heavy atom. The Morgan fingerprint density at radius 2 is 2.00 bits per heavy atom. The molecule has 1 amide bonds. The molecule has 0 aromatic heterocycles. The molecule has 1 saturated heterocycles. The van der Waals surface area contributed by atoms with Gasteiger partial charge in [-0.3, -0.25) is 9.59 Å². The lowest BCUT2D eigenvalue weighted by atomic mass is 9.76. The number of methoxy groups -OCH3 is 1. The van der Waals surface area contributed by atoms with Gasteiger partial charge >= 0.3 is 5.97 Å². The van der Waals surface area contributed by atoms with Crippen molar-refractivity contribution in [3.8, 4) is 5.75 Å². The van der Waals surface area contributed by atoms with Gasteiger partial charge in [0.25, 0.3) is 5.91 Å². The van der Waals surface area contributed by atoms with Crippen molar-refractivity contribution in [2.45, 2.75) is 25.2 Å². The van der Waals surface area contributed by atoms with Crippen molar-refractivity contribution in [1.82, 2.24) is 4.90 Å². The lowest BCUT2D eigenvalue weighted by molar-refractivity contribution is -0.150. The van der Waals surface area contributed by atoms with Crippen LogP contribution in [0.15, 0.2) is 23.1 Å². The van der Waals surface area contributed by atoms with Crippen molar-refractivity contribution < 1.29 is 27.9 Å². The van der Waals surface area contributed by atoms with E-state index in [0.29, 0.717) is 6.42 Å². The first-order chi connectivity index (χ1) is 11.5. The first-order valence-corrected chi connectivity index (χ1v) is 9.31. The number of benzene rings is 1. The maximum Gasteiger partial charge on any atom is 0.311 e. The summed E-state index contributed by atoms with van der Waals surface area (Å²) in [6, 6.07) is 3.77. The third-order valence-electron chi connectivity index (χ3n) is 4.85. The van der Waals surface area contributed by atoms with Crippen LogP contribution in [0.25, 0.3) is 0 Å². The number of carboxylic acid groups (broad SMARTS) is 1. The second-order valence-electron chi connectivity index (χ2n) is 6.50. The largest absolute Gasteiger partial charge is 0.496 e. The van der Waals surface area contributed by atoms with Gasteiger partial charge in [0, 0.05) is 13.1 Å². The molecule has 3 N–H and O–H groups in total. The van der Waals surface area contributed by atoms with E-state index in [1.165, 1.54) is 24.1 Å². The minimum atomic E-state index is -3.98. The highest BCUT2D eigenvalue weighted by atomic mass is 32.2. The highest BCUT2D eigenvalue weighted by Crippen LogP contribution is 2.39. The number of ether oxygens (including phenoxy) is 1. The predicted octanol–water partition coefficient (Wildman–Crippen LogP) is 0.915. The average molecular weight is 370 g/mol. The van der Waals surface area contributed by atoms with Crippen LogP contribution in [0.2, 0.25) is 0 Å². The zero-order valence-corrected chi connectivity index (χ0v) is 15.2. The summed E-state index contributed by atoms with van der Waals surface area (Å²) in [5.74, 6) is -1.37. The van der Waals surface area contributed by atoms with Crippen LogP contribution < -0.4 is 9.88 Å². The Kier molecular flexibility index (Phi) is 5.10. The maximum atomic E-state index is 12.9. The first-order valence-electron chi connectivity index (χ1n) is 7.76. The number of nitrogens with two attached hydrogens (primary N) is 1. The smallest absolute Gasteiger partial charge is 0.311 e. The molecule has 0 radical (unpaired) electrons. The van der Waals surface area contributed by atoms with E-state index < -0.39 is 27.3 Å². The fourth-order valence-corrected chi connectivity index (χ4v) is 3.64. The van der Waals surface area contributed by atoms with Crippen LogP contribution in [0, 0.1) is 11.3 Å². The van der Waals surface area contributed by atoms with Crippen LogP contribution in [0.4, 0.5) is 0 Å². The van der Waals surface area contributed by atoms with Crippen molar-refractivity contribution in [2.75, 3.05) is 20.2 Å². The number of aliphatic carboxylic acids is 1. The van der Waals surface area contributed by atoms with Crippen LogP contribution in [0.3, 0.4) is 0 Å².